The Morgan fingerprint density at radius 3 is 2.65 bits per heavy atom. The van der Waals surface area contributed by atoms with E-state index in [1.54, 1.807) is 20.4 Å². The zero-order chi connectivity index (χ0) is 18.1. The summed E-state index contributed by atoms with van der Waals surface area (Å²) in [6, 6.07) is 0. The minimum absolute atomic E-state index is 0. The number of anilines is 1. The normalized spacial score (nSPS) is 14.8. The molecule has 1 N–H and O–H groups in total. The van der Waals surface area contributed by atoms with Crippen molar-refractivity contribution in [2.75, 3.05) is 65.0 Å². The predicted octanol–water partition coefficient (Wildman–Crippen LogP) is 1.99. The zero-order valence-electron chi connectivity index (χ0n) is 15.6. The van der Waals surface area contributed by atoms with Crippen molar-refractivity contribution in [1.29, 1.82) is 0 Å². The van der Waals surface area contributed by atoms with Crippen LogP contribution < -0.4 is 15.0 Å². The Balaban J connectivity index is 0.00000338. The highest BCUT2D eigenvalue weighted by Crippen LogP contribution is 2.23. The molecule has 0 atom stereocenters. The Labute approximate surface area is 180 Å². The summed E-state index contributed by atoms with van der Waals surface area (Å²) >= 11 is 3.39. The second-order valence-corrected chi connectivity index (χ2v) is 6.44. The molecule has 148 valence electrons. The summed E-state index contributed by atoms with van der Waals surface area (Å²) in [5, 5.41) is 3.37. The van der Waals surface area contributed by atoms with Gasteiger partial charge in [0, 0.05) is 53.0 Å². The second-order valence-electron chi connectivity index (χ2n) is 5.58. The standard InChI is InChI=1S/C16H27BrN6O2.HI/c1-4-18-15(19-6-5-11-24-2)22-7-9-23(10-8-22)16-20-12-13(17)14(21-16)25-3;/h12H,4-11H2,1-3H3,(H,18,19);1H. The van der Waals surface area contributed by atoms with E-state index >= 15 is 0 Å². The number of nitrogens with zero attached hydrogens (tertiary/aromatic N) is 5. The van der Waals surface area contributed by atoms with Crippen LogP contribution in [0.25, 0.3) is 0 Å². The summed E-state index contributed by atoms with van der Waals surface area (Å²) in [6.45, 7) is 7.87. The zero-order valence-corrected chi connectivity index (χ0v) is 19.5. The van der Waals surface area contributed by atoms with Gasteiger partial charge in [-0.3, -0.25) is 4.99 Å². The van der Waals surface area contributed by atoms with Gasteiger partial charge in [0.25, 0.3) is 0 Å². The molecule has 0 radical (unpaired) electrons. The Morgan fingerprint density at radius 1 is 1.31 bits per heavy atom. The molecular weight excluding hydrogens is 515 g/mol. The number of methoxy groups -OCH3 is 2. The van der Waals surface area contributed by atoms with Gasteiger partial charge in [-0.2, -0.15) is 4.98 Å². The van der Waals surface area contributed by atoms with Crippen molar-refractivity contribution < 1.29 is 9.47 Å². The molecule has 0 bridgehead atoms. The van der Waals surface area contributed by atoms with Crippen LogP contribution in [0.5, 0.6) is 5.88 Å². The predicted molar refractivity (Wildman–Crippen MR) is 118 cm³/mol. The highest BCUT2D eigenvalue weighted by atomic mass is 127. The van der Waals surface area contributed by atoms with Crippen LogP contribution in [0.4, 0.5) is 5.95 Å². The summed E-state index contributed by atoms with van der Waals surface area (Å²) in [7, 11) is 3.32. The fourth-order valence-corrected chi connectivity index (χ4v) is 2.93. The summed E-state index contributed by atoms with van der Waals surface area (Å²) in [5.41, 5.74) is 0. The van der Waals surface area contributed by atoms with Gasteiger partial charge < -0.3 is 24.6 Å². The number of piperazine rings is 1. The largest absolute Gasteiger partial charge is 0.480 e. The molecule has 0 aromatic carbocycles. The van der Waals surface area contributed by atoms with Crippen molar-refractivity contribution in [2.24, 2.45) is 4.99 Å². The van der Waals surface area contributed by atoms with Gasteiger partial charge in [0.05, 0.1) is 17.8 Å². The lowest BCUT2D eigenvalue weighted by atomic mass is 10.3. The average molecular weight is 543 g/mol. The molecule has 0 saturated carbocycles. The number of ether oxygens (including phenoxy) is 2. The number of guanidine groups is 1. The number of halogens is 2. The molecule has 1 aliphatic heterocycles. The third-order valence-electron chi connectivity index (χ3n) is 3.86. The summed E-state index contributed by atoms with van der Waals surface area (Å²) in [4.78, 5) is 18.0. The van der Waals surface area contributed by atoms with E-state index in [0.29, 0.717) is 11.8 Å². The van der Waals surface area contributed by atoms with E-state index in [1.165, 1.54) is 0 Å². The molecule has 1 saturated heterocycles. The van der Waals surface area contributed by atoms with Gasteiger partial charge >= 0.3 is 0 Å². The maximum atomic E-state index is 5.26. The molecule has 8 nitrogen and oxygen atoms in total. The summed E-state index contributed by atoms with van der Waals surface area (Å²) in [6.07, 6.45) is 2.66. The summed E-state index contributed by atoms with van der Waals surface area (Å²) < 4.78 is 11.1. The highest BCUT2D eigenvalue weighted by molar-refractivity contribution is 14.0. The first-order chi connectivity index (χ1) is 12.2. The van der Waals surface area contributed by atoms with Gasteiger partial charge in [-0.15, -0.1) is 24.0 Å². The lowest BCUT2D eigenvalue weighted by molar-refractivity contribution is 0.197. The van der Waals surface area contributed by atoms with E-state index in [1.807, 2.05) is 0 Å². The van der Waals surface area contributed by atoms with Gasteiger partial charge in [0.1, 0.15) is 0 Å². The van der Waals surface area contributed by atoms with Crippen molar-refractivity contribution in [3.63, 3.8) is 0 Å². The Morgan fingerprint density at radius 2 is 2.04 bits per heavy atom. The van der Waals surface area contributed by atoms with Crippen molar-refractivity contribution in [3.05, 3.63) is 10.7 Å². The minimum Gasteiger partial charge on any atom is -0.480 e. The van der Waals surface area contributed by atoms with Crippen LogP contribution in [0.1, 0.15) is 13.3 Å². The fraction of sp³-hybridized carbons (Fsp3) is 0.688. The maximum absolute atomic E-state index is 5.26. The first kappa shape index (κ1) is 23.2. The Kier molecular flexibility index (Phi) is 11.1. The molecule has 0 amide bonds. The lowest BCUT2D eigenvalue weighted by Gasteiger charge is -2.36. The molecule has 2 rings (SSSR count). The Hall–Kier alpha value is -0.880. The molecule has 1 fully saturated rings. The molecule has 0 spiro atoms. The molecule has 1 aromatic heterocycles. The van der Waals surface area contributed by atoms with Crippen molar-refractivity contribution >= 4 is 51.8 Å². The maximum Gasteiger partial charge on any atom is 0.232 e. The molecule has 10 heteroatoms. The Bertz CT molecular complexity index is 570. The first-order valence-electron chi connectivity index (χ1n) is 8.53. The van der Waals surface area contributed by atoms with E-state index < -0.39 is 0 Å². The van der Waals surface area contributed by atoms with Crippen LogP contribution in [-0.2, 0) is 4.74 Å². The molecule has 0 aliphatic carbocycles. The number of aromatic nitrogens is 2. The van der Waals surface area contributed by atoms with Gasteiger partial charge in [-0.1, -0.05) is 0 Å². The molecule has 0 unspecified atom stereocenters. The van der Waals surface area contributed by atoms with Gasteiger partial charge in [0.2, 0.25) is 11.8 Å². The number of hydrogen-bond acceptors (Lipinski definition) is 6. The molecule has 26 heavy (non-hydrogen) atoms. The van der Waals surface area contributed by atoms with E-state index in [-0.39, 0.29) is 24.0 Å². The van der Waals surface area contributed by atoms with Gasteiger partial charge in [-0.05, 0) is 29.3 Å². The quantitative estimate of drug-likeness (QED) is 0.244. The second kappa shape index (κ2) is 12.5. The third kappa shape index (κ3) is 6.69. The third-order valence-corrected chi connectivity index (χ3v) is 4.40. The van der Waals surface area contributed by atoms with E-state index in [4.69, 9.17) is 9.47 Å². The van der Waals surface area contributed by atoms with E-state index in [9.17, 15) is 0 Å². The monoisotopic (exact) mass is 542 g/mol. The lowest BCUT2D eigenvalue weighted by Crippen LogP contribution is -2.53. The van der Waals surface area contributed by atoms with Crippen molar-refractivity contribution in [2.45, 2.75) is 13.3 Å². The molecule has 1 aromatic rings. The van der Waals surface area contributed by atoms with Crippen LogP contribution >= 0.6 is 39.9 Å². The average Bonchev–Trinajstić information content (AvgIpc) is 2.65. The number of aliphatic imine (C=N–C) groups is 1. The molecule has 1 aliphatic rings. The van der Waals surface area contributed by atoms with Crippen LogP contribution in [0.15, 0.2) is 15.7 Å². The van der Waals surface area contributed by atoms with Crippen molar-refractivity contribution in [3.8, 4) is 5.88 Å². The SMILES string of the molecule is CCNC(=NCCCOC)N1CCN(c2ncc(Br)c(OC)n2)CC1.I. The molecular formula is C16H28BrIN6O2. The van der Waals surface area contributed by atoms with E-state index in [0.717, 1.165) is 62.7 Å². The van der Waals surface area contributed by atoms with Crippen molar-refractivity contribution in [1.82, 2.24) is 20.2 Å². The highest BCUT2D eigenvalue weighted by Gasteiger charge is 2.22. The van der Waals surface area contributed by atoms with Crippen LogP contribution in [0.2, 0.25) is 0 Å². The smallest absolute Gasteiger partial charge is 0.232 e. The minimum atomic E-state index is 0. The number of hydrogen-bond donors (Lipinski definition) is 1. The molecule has 2 heterocycles. The van der Waals surface area contributed by atoms with E-state index in [2.05, 4.69) is 52.9 Å². The summed E-state index contributed by atoms with van der Waals surface area (Å²) in [5.74, 6) is 2.22. The number of rotatable bonds is 7. The van der Waals surface area contributed by atoms with Crippen LogP contribution in [0.3, 0.4) is 0 Å². The topological polar surface area (TPSA) is 75.1 Å². The van der Waals surface area contributed by atoms with Gasteiger partial charge in [-0.25, -0.2) is 4.98 Å². The van der Waals surface area contributed by atoms with Crippen LogP contribution in [-0.4, -0.2) is 80.9 Å². The van der Waals surface area contributed by atoms with Crippen LogP contribution in [0, 0.1) is 0 Å². The number of nitrogens with one attached hydrogen (secondary N) is 1. The first-order valence-corrected chi connectivity index (χ1v) is 9.32. The fourth-order valence-electron chi connectivity index (χ4n) is 2.58. The van der Waals surface area contributed by atoms with Gasteiger partial charge in [0.15, 0.2) is 5.96 Å².